The van der Waals surface area contributed by atoms with Crippen LogP contribution in [0.4, 0.5) is 0 Å². The second-order valence-corrected chi connectivity index (χ2v) is 3.90. The minimum Gasteiger partial charge on any atom is -0.478 e. The number of nitrogens with one attached hydrogen (secondary N) is 1. The first-order valence-corrected chi connectivity index (χ1v) is 4.87. The Bertz CT molecular complexity index is 244. The fourth-order valence-electron chi connectivity index (χ4n) is 1.38. The number of carboxylic acid groups (broad SMARTS) is 1. The van der Waals surface area contributed by atoms with Crippen LogP contribution in [0.3, 0.4) is 0 Å². The van der Waals surface area contributed by atoms with E-state index >= 15 is 0 Å². The van der Waals surface area contributed by atoms with E-state index in [9.17, 15) is 9.90 Å². The molecule has 0 aromatic heterocycles. The zero-order chi connectivity index (χ0) is 10.6. The van der Waals surface area contributed by atoms with Gasteiger partial charge in [0.25, 0.3) is 0 Å². The molecule has 0 radical (unpaired) electrons. The Morgan fingerprint density at radius 1 is 1.57 bits per heavy atom. The van der Waals surface area contributed by atoms with E-state index in [0.29, 0.717) is 18.7 Å². The molecular formula is C10H17NO3. The highest BCUT2D eigenvalue weighted by Gasteiger charge is 2.33. The molecular weight excluding hydrogens is 182 g/mol. The molecule has 80 valence electrons. The molecule has 1 rings (SSSR count). The Morgan fingerprint density at radius 2 is 2.21 bits per heavy atom. The predicted octanol–water partition coefficient (Wildman–Crippen LogP) is 0.522. The van der Waals surface area contributed by atoms with Gasteiger partial charge >= 0.3 is 5.97 Å². The second-order valence-electron chi connectivity index (χ2n) is 3.90. The van der Waals surface area contributed by atoms with Gasteiger partial charge in [0.15, 0.2) is 0 Å². The summed E-state index contributed by atoms with van der Waals surface area (Å²) in [5.41, 5.74) is -0.205. The zero-order valence-corrected chi connectivity index (χ0v) is 8.42. The fraction of sp³-hybridized carbons (Fsp3) is 0.700. The molecule has 0 saturated heterocycles. The second kappa shape index (κ2) is 4.57. The molecule has 0 unspecified atom stereocenters. The summed E-state index contributed by atoms with van der Waals surface area (Å²) in [6.45, 7) is 2.61. The number of hydrogen-bond acceptors (Lipinski definition) is 3. The number of carbonyl (C=O) groups is 1. The summed E-state index contributed by atoms with van der Waals surface area (Å²) in [7, 11) is 0. The maximum absolute atomic E-state index is 10.4. The highest BCUT2D eigenvalue weighted by molar-refractivity contribution is 5.85. The maximum Gasteiger partial charge on any atom is 0.330 e. The Labute approximate surface area is 83.6 Å². The average Bonchev–Trinajstić information content (AvgIpc) is 2.09. The van der Waals surface area contributed by atoms with Gasteiger partial charge in [0.1, 0.15) is 0 Å². The summed E-state index contributed by atoms with van der Waals surface area (Å²) < 4.78 is 0. The molecule has 1 saturated carbocycles. The lowest BCUT2D eigenvalue weighted by Crippen LogP contribution is -2.46. The van der Waals surface area contributed by atoms with Crippen molar-refractivity contribution >= 4 is 5.97 Å². The third-order valence-corrected chi connectivity index (χ3v) is 2.63. The van der Waals surface area contributed by atoms with Crippen LogP contribution in [0.1, 0.15) is 26.2 Å². The smallest absolute Gasteiger partial charge is 0.330 e. The van der Waals surface area contributed by atoms with Crippen molar-refractivity contribution < 1.29 is 15.0 Å². The molecule has 1 fully saturated rings. The van der Waals surface area contributed by atoms with Crippen molar-refractivity contribution in [1.29, 1.82) is 0 Å². The summed E-state index contributed by atoms with van der Waals surface area (Å²) in [6, 6.07) is 0. The van der Waals surface area contributed by atoms with Gasteiger partial charge in [-0.2, -0.15) is 0 Å². The van der Waals surface area contributed by atoms with E-state index in [1.54, 1.807) is 13.0 Å². The van der Waals surface area contributed by atoms with E-state index in [0.717, 1.165) is 19.3 Å². The van der Waals surface area contributed by atoms with Crippen molar-refractivity contribution in [2.45, 2.75) is 31.8 Å². The quantitative estimate of drug-likeness (QED) is 0.446. The van der Waals surface area contributed by atoms with Crippen LogP contribution < -0.4 is 5.32 Å². The van der Waals surface area contributed by atoms with E-state index in [1.165, 1.54) is 0 Å². The Balaban J connectivity index is 2.15. The highest BCUT2D eigenvalue weighted by atomic mass is 16.4. The molecule has 3 N–H and O–H groups in total. The minimum atomic E-state index is -0.894. The van der Waals surface area contributed by atoms with Gasteiger partial charge < -0.3 is 15.5 Å². The lowest BCUT2D eigenvalue weighted by molar-refractivity contribution is -0.132. The summed E-state index contributed by atoms with van der Waals surface area (Å²) in [4.78, 5) is 10.4. The van der Waals surface area contributed by atoms with Crippen LogP contribution in [0, 0.1) is 0 Å². The molecule has 1 aliphatic rings. The molecule has 14 heavy (non-hydrogen) atoms. The van der Waals surface area contributed by atoms with Crippen LogP contribution in [0.25, 0.3) is 0 Å². The van der Waals surface area contributed by atoms with Gasteiger partial charge in [0, 0.05) is 18.7 Å². The number of rotatable bonds is 5. The Morgan fingerprint density at radius 3 is 2.64 bits per heavy atom. The van der Waals surface area contributed by atoms with E-state index < -0.39 is 11.6 Å². The van der Waals surface area contributed by atoms with Crippen molar-refractivity contribution in [3.8, 4) is 0 Å². The van der Waals surface area contributed by atoms with Crippen LogP contribution >= 0.6 is 0 Å². The average molecular weight is 199 g/mol. The van der Waals surface area contributed by atoms with Crippen molar-refractivity contribution in [2.75, 3.05) is 13.1 Å². The van der Waals surface area contributed by atoms with E-state index in [1.807, 2.05) is 0 Å². The SMILES string of the molecule is CC(=CCNCC1(O)CCC1)C(=O)O. The molecule has 1 aliphatic carbocycles. The third kappa shape index (κ3) is 3.12. The van der Waals surface area contributed by atoms with E-state index in [4.69, 9.17) is 5.11 Å². The van der Waals surface area contributed by atoms with Crippen molar-refractivity contribution in [2.24, 2.45) is 0 Å². The van der Waals surface area contributed by atoms with E-state index in [2.05, 4.69) is 5.32 Å². The molecule has 4 heteroatoms. The zero-order valence-electron chi connectivity index (χ0n) is 8.42. The topological polar surface area (TPSA) is 69.6 Å². The van der Waals surface area contributed by atoms with Gasteiger partial charge in [-0.1, -0.05) is 6.08 Å². The molecule has 4 nitrogen and oxygen atoms in total. The lowest BCUT2D eigenvalue weighted by atomic mass is 9.80. The fourth-order valence-corrected chi connectivity index (χ4v) is 1.38. The lowest BCUT2D eigenvalue weighted by Gasteiger charge is -2.36. The first-order valence-electron chi connectivity index (χ1n) is 4.87. The Hall–Kier alpha value is -0.870. The molecule has 0 spiro atoms. The van der Waals surface area contributed by atoms with Gasteiger partial charge in [-0.05, 0) is 26.2 Å². The summed E-state index contributed by atoms with van der Waals surface area (Å²) in [5, 5.41) is 21.3. The molecule has 0 aromatic rings. The Kier molecular flexibility index (Phi) is 3.66. The van der Waals surface area contributed by atoms with Crippen LogP contribution in [-0.4, -0.2) is 34.9 Å². The van der Waals surface area contributed by atoms with Gasteiger partial charge in [0.2, 0.25) is 0 Å². The largest absolute Gasteiger partial charge is 0.478 e. The third-order valence-electron chi connectivity index (χ3n) is 2.63. The van der Waals surface area contributed by atoms with Crippen molar-refractivity contribution in [3.63, 3.8) is 0 Å². The van der Waals surface area contributed by atoms with Gasteiger partial charge in [0.05, 0.1) is 5.60 Å². The van der Waals surface area contributed by atoms with Gasteiger partial charge in [-0.3, -0.25) is 0 Å². The van der Waals surface area contributed by atoms with Crippen molar-refractivity contribution in [3.05, 3.63) is 11.6 Å². The summed E-state index contributed by atoms with van der Waals surface area (Å²) in [5.74, 6) is -0.894. The number of aliphatic carboxylic acids is 1. The minimum absolute atomic E-state index is 0.332. The first kappa shape index (κ1) is 11.2. The van der Waals surface area contributed by atoms with E-state index in [-0.39, 0.29) is 0 Å². The normalized spacial score (nSPS) is 20.3. The van der Waals surface area contributed by atoms with Crippen LogP contribution in [0.5, 0.6) is 0 Å². The summed E-state index contributed by atoms with van der Waals surface area (Å²) >= 11 is 0. The van der Waals surface area contributed by atoms with Gasteiger partial charge in [-0.25, -0.2) is 4.79 Å². The van der Waals surface area contributed by atoms with Crippen LogP contribution in [0.2, 0.25) is 0 Å². The van der Waals surface area contributed by atoms with Crippen LogP contribution in [0.15, 0.2) is 11.6 Å². The molecule has 0 bridgehead atoms. The molecule has 0 aromatic carbocycles. The number of aliphatic hydroxyl groups is 1. The molecule has 0 atom stereocenters. The molecule has 0 heterocycles. The molecule has 0 amide bonds. The standard InChI is InChI=1S/C10H17NO3/c1-8(9(12)13)3-6-11-7-10(14)4-2-5-10/h3,11,14H,2,4-7H2,1H3,(H,12,13). The van der Waals surface area contributed by atoms with Crippen molar-refractivity contribution in [1.82, 2.24) is 5.32 Å². The first-order chi connectivity index (χ1) is 6.53. The highest BCUT2D eigenvalue weighted by Crippen LogP contribution is 2.30. The van der Waals surface area contributed by atoms with Gasteiger partial charge in [-0.15, -0.1) is 0 Å². The number of hydrogen-bond donors (Lipinski definition) is 3. The summed E-state index contributed by atoms with van der Waals surface area (Å²) in [6.07, 6.45) is 4.40. The monoisotopic (exact) mass is 199 g/mol. The number of carboxylic acids is 1. The maximum atomic E-state index is 10.4. The predicted molar refractivity (Wildman–Crippen MR) is 53.1 cm³/mol. The molecule has 0 aliphatic heterocycles. The van der Waals surface area contributed by atoms with Crippen LogP contribution in [-0.2, 0) is 4.79 Å².